The maximum atomic E-state index is 4.49. The fraction of sp³-hybridized carbons (Fsp3) is 0.267. The first-order chi connectivity index (χ1) is 8.31. The zero-order chi connectivity index (χ0) is 11.7. The average molecular weight is 224 g/mol. The van der Waals surface area contributed by atoms with Crippen LogP contribution >= 0.6 is 0 Å². The lowest BCUT2D eigenvalue weighted by atomic mass is 10.1. The van der Waals surface area contributed by atoms with E-state index >= 15 is 0 Å². The number of fused-ring (bicyclic) bond motifs is 1. The van der Waals surface area contributed by atoms with Gasteiger partial charge in [0.15, 0.2) is 0 Å². The molecule has 1 heterocycles. The van der Waals surface area contributed by atoms with Crippen molar-refractivity contribution in [2.75, 3.05) is 5.32 Å². The Labute approximate surface area is 102 Å². The molecule has 1 aliphatic carbocycles. The van der Waals surface area contributed by atoms with Crippen LogP contribution in [0.2, 0.25) is 0 Å². The molecule has 0 aliphatic heterocycles. The van der Waals surface area contributed by atoms with E-state index in [1.807, 2.05) is 25.1 Å². The second-order valence-corrected chi connectivity index (χ2v) is 4.68. The summed E-state index contributed by atoms with van der Waals surface area (Å²) in [7, 11) is 0. The molecule has 0 unspecified atom stereocenters. The van der Waals surface area contributed by atoms with Crippen molar-refractivity contribution in [3.63, 3.8) is 0 Å². The summed E-state index contributed by atoms with van der Waals surface area (Å²) in [6.45, 7) is 2.02. The zero-order valence-corrected chi connectivity index (χ0v) is 9.98. The molecule has 1 aromatic heterocycles. The first-order valence-corrected chi connectivity index (χ1v) is 6.08. The summed E-state index contributed by atoms with van der Waals surface area (Å²) in [5.41, 5.74) is 4.00. The number of pyridine rings is 1. The van der Waals surface area contributed by atoms with E-state index in [-0.39, 0.29) is 0 Å². The number of aromatic nitrogens is 1. The molecule has 0 fully saturated rings. The van der Waals surface area contributed by atoms with Crippen LogP contribution in [0.15, 0.2) is 42.5 Å². The minimum absolute atomic E-state index is 0.488. The van der Waals surface area contributed by atoms with Crippen molar-refractivity contribution in [1.82, 2.24) is 4.98 Å². The lowest BCUT2D eigenvalue weighted by Gasteiger charge is -2.12. The van der Waals surface area contributed by atoms with Crippen LogP contribution < -0.4 is 5.32 Å². The zero-order valence-electron chi connectivity index (χ0n) is 9.98. The number of nitrogens with one attached hydrogen (secondary N) is 1. The van der Waals surface area contributed by atoms with Crippen molar-refractivity contribution in [2.45, 2.75) is 25.8 Å². The Morgan fingerprint density at radius 2 is 1.71 bits per heavy atom. The van der Waals surface area contributed by atoms with Crippen molar-refractivity contribution >= 4 is 5.82 Å². The fourth-order valence-corrected chi connectivity index (χ4v) is 2.49. The normalized spacial score (nSPS) is 14.6. The van der Waals surface area contributed by atoms with Gasteiger partial charge in [-0.15, -0.1) is 0 Å². The standard InChI is InChI=1S/C15H16N2/c1-11-5-4-8-15(16-11)17-14-9-12-6-2-3-7-13(12)10-14/h2-8,14H,9-10H2,1H3,(H,16,17). The number of hydrogen-bond donors (Lipinski definition) is 1. The summed E-state index contributed by atoms with van der Waals surface area (Å²) < 4.78 is 0. The first kappa shape index (κ1) is 10.3. The molecule has 1 aliphatic rings. The maximum Gasteiger partial charge on any atom is 0.126 e. The highest BCUT2D eigenvalue weighted by Crippen LogP contribution is 2.23. The molecular weight excluding hydrogens is 208 g/mol. The summed E-state index contributed by atoms with van der Waals surface area (Å²) in [5.74, 6) is 0.989. The van der Waals surface area contributed by atoms with Gasteiger partial charge in [0.25, 0.3) is 0 Å². The molecule has 0 saturated carbocycles. The van der Waals surface area contributed by atoms with Crippen LogP contribution in [-0.2, 0) is 12.8 Å². The van der Waals surface area contributed by atoms with Crippen molar-refractivity contribution in [1.29, 1.82) is 0 Å². The van der Waals surface area contributed by atoms with Gasteiger partial charge < -0.3 is 5.32 Å². The molecule has 1 N–H and O–H groups in total. The van der Waals surface area contributed by atoms with E-state index in [2.05, 4.69) is 34.6 Å². The van der Waals surface area contributed by atoms with Gasteiger partial charge in [-0.25, -0.2) is 4.98 Å². The van der Waals surface area contributed by atoms with Crippen molar-refractivity contribution in [2.24, 2.45) is 0 Å². The summed E-state index contributed by atoms with van der Waals surface area (Å²) in [6, 6.07) is 15.3. The van der Waals surface area contributed by atoms with E-state index in [0.29, 0.717) is 6.04 Å². The average Bonchev–Trinajstić information content (AvgIpc) is 2.71. The van der Waals surface area contributed by atoms with Crippen LogP contribution in [0.25, 0.3) is 0 Å². The van der Waals surface area contributed by atoms with E-state index in [1.54, 1.807) is 0 Å². The van der Waals surface area contributed by atoms with E-state index in [9.17, 15) is 0 Å². The van der Waals surface area contributed by atoms with Gasteiger partial charge in [0.1, 0.15) is 5.82 Å². The van der Waals surface area contributed by atoms with Gasteiger partial charge in [-0.3, -0.25) is 0 Å². The molecule has 0 bridgehead atoms. The van der Waals surface area contributed by atoms with Gasteiger partial charge >= 0.3 is 0 Å². The van der Waals surface area contributed by atoms with Gasteiger partial charge in [0, 0.05) is 11.7 Å². The first-order valence-electron chi connectivity index (χ1n) is 6.08. The van der Waals surface area contributed by atoms with Crippen LogP contribution in [-0.4, -0.2) is 11.0 Å². The van der Waals surface area contributed by atoms with Crippen LogP contribution in [0, 0.1) is 6.92 Å². The van der Waals surface area contributed by atoms with Gasteiger partial charge in [0.2, 0.25) is 0 Å². The highest BCUT2D eigenvalue weighted by Gasteiger charge is 2.20. The van der Waals surface area contributed by atoms with Crippen LogP contribution in [0.4, 0.5) is 5.82 Å². The highest BCUT2D eigenvalue weighted by atomic mass is 15.0. The second-order valence-electron chi connectivity index (χ2n) is 4.68. The highest BCUT2D eigenvalue weighted by molar-refractivity contribution is 5.41. The minimum atomic E-state index is 0.488. The summed E-state index contributed by atoms with van der Waals surface area (Å²) in [5, 5.41) is 3.52. The number of benzene rings is 1. The van der Waals surface area contributed by atoms with Crippen molar-refractivity contribution in [3.05, 3.63) is 59.3 Å². The molecule has 0 amide bonds. The van der Waals surface area contributed by atoms with Crippen LogP contribution in [0.5, 0.6) is 0 Å². The molecule has 3 rings (SSSR count). The molecule has 0 atom stereocenters. The number of hydrogen-bond acceptors (Lipinski definition) is 2. The Kier molecular flexibility index (Phi) is 2.56. The quantitative estimate of drug-likeness (QED) is 0.848. The topological polar surface area (TPSA) is 24.9 Å². The second kappa shape index (κ2) is 4.21. The molecule has 2 nitrogen and oxygen atoms in total. The van der Waals surface area contributed by atoms with Crippen molar-refractivity contribution in [3.8, 4) is 0 Å². The number of nitrogens with zero attached hydrogens (tertiary/aromatic N) is 1. The van der Waals surface area contributed by atoms with E-state index in [4.69, 9.17) is 0 Å². The van der Waals surface area contributed by atoms with E-state index in [0.717, 1.165) is 24.4 Å². The Morgan fingerprint density at radius 3 is 2.35 bits per heavy atom. The van der Waals surface area contributed by atoms with Gasteiger partial charge in [0.05, 0.1) is 0 Å². The predicted octanol–water partition coefficient (Wildman–Crippen LogP) is 2.97. The summed E-state index contributed by atoms with van der Waals surface area (Å²) in [4.78, 5) is 4.49. The Balaban J connectivity index is 1.74. The minimum Gasteiger partial charge on any atom is -0.367 e. The molecule has 17 heavy (non-hydrogen) atoms. The monoisotopic (exact) mass is 224 g/mol. The largest absolute Gasteiger partial charge is 0.367 e. The molecule has 2 aromatic rings. The molecule has 0 spiro atoms. The third-order valence-corrected chi connectivity index (χ3v) is 3.29. The summed E-state index contributed by atoms with van der Waals surface area (Å²) in [6.07, 6.45) is 2.21. The smallest absolute Gasteiger partial charge is 0.126 e. The van der Waals surface area contributed by atoms with Crippen molar-refractivity contribution < 1.29 is 0 Å². The number of rotatable bonds is 2. The lowest BCUT2D eigenvalue weighted by Crippen LogP contribution is -2.20. The molecule has 86 valence electrons. The molecule has 2 heteroatoms. The van der Waals surface area contributed by atoms with Crippen LogP contribution in [0.1, 0.15) is 16.8 Å². The van der Waals surface area contributed by atoms with Gasteiger partial charge in [-0.2, -0.15) is 0 Å². The maximum absolute atomic E-state index is 4.49. The lowest BCUT2D eigenvalue weighted by molar-refractivity contribution is 0.768. The molecule has 0 radical (unpaired) electrons. The SMILES string of the molecule is Cc1cccc(NC2Cc3ccccc3C2)n1. The molecule has 1 aromatic carbocycles. The Bertz CT molecular complexity index is 509. The Morgan fingerprint density at radius 1 is 1.00 bits per heavy atom. The van der Waals surface area contributed by atoms with E-state index < -0.39 is 0 Å². The summed E-state index contributed by atoms with van der Waals surface area (Å²) >= 11 is 0. The van der Waals surface area contributed by atoms with Gasteiger partial charge in [-0.1, -0.05) is 30.3 Å². The fourth-order valence-electron chi connectivity index (χ4n) is 2.49. The third-order valence-electron chi connectivity index (χ3n) is 3.29. The van der Waals surface area contributed by atoms with E-state index in [1.165, 1.54) is 11.1 Å². The van der Waals surface area contributed by atoms with Gasteiger partial charge in [-0.05, 0) is 43.0 Å². The third kappa shape index (κ3) is 2.16. The predicted molar refractivity (Wildman–Crippen MR) is 70.2 cm³/mol. The number of aryl methyl sites for hydroxylation is 1. The number of anilines is 1. The molecule has 0 saturated heterocycles. The Hall–Kier alpha value is -1.83. The molecular formula is C15H16N2. The van der Waals surface area contributed by atoms with Crippen LogP contribution in [0.3, 0.4) is 0 Å².